The van der Waals surface area contributed by atoms with Gasteiger partial charge in [0.05, 0.1) is 0 Å². The van der Waals surface area contributed by atoms with Crippen molar-refractivity contribution in [3.8, 4) is 0 Å². The molecule has 0 spiro atoms. The third-order valence-corrected chi connectivity index (χ3v) is 3.79. The van der Waals surface area contributed by atoms with E-state index in [1.165, 1.54) is 5.69 Å². The van der Waals surface area contributed by atoms with Crippen molar-refractivity contribution < 1.29 is 0 Å². The molecule has 0 aromatic heterocycles. The zero-order valence-corrected chi connectivity index (χ0v) is 11.9. The Hall–Kier alpha value is -0.150. The van der Waals surface area contributed by atoms with Crippen LogP contribution in [0.5, 0.6) is 0 Å². The molecule has 1 nitrogen and oxygen atoms in total. The summed E-state index contributed by atoms with van der Waals surface area (Å²) in [5, 5.41) is 3.42. The molecule has 0 saturated heterocycles. The molecule has 0 amide bonds. The van der Waals surface area contributed by atoms with Gasteiger partial charge in [-0.15, -0.1) is 0 Å². The summed E-state index contributed by atoms with van der Waals surface area (Å²) < 4.78 is 1.49. The largest absolute Gasteiger partial charge is 0.383 e. The first-order chi connectivity index (χ1) is 6.99. The Morgan fingerprint density at radius 1 is 1.27 bits per heavy atom. The molecule has 1 aromatic carbocycles. The molecule has 1 aromatic rings. The van der Waals surface area contributed by atoms with Gasteiger partial charge in [-0.3, -0.25) is 0 Å². The number of anilines is 1. The van der Waals surface area contributed by atoms with E-state index >= 15 is 0 Å². The molecule has 0 saturated carbocycles. The fraction of sp³-hybridized carbons (Fsp3) is 0.500. The highest BCUT2D eigenvalue weighted by Gasteiger charge is 2.09. The van der Waals surface area contributed by atoms with E-state index in [-0.39, 0.29) is 0 Å². The summed E-state index contributed by atoms with van der Waals surface area (Å²) in [5.74, 6) is 1.13. The maximum absolute atomic E-state index is 3.52. The average Bonchev–Trinajstić information content (AvgIpc) is 2.13. The van der Waals surface area contributed by atoms with E-state index < -0.39 is 0 Å². The molecule has 0 atom stereocenters. The number of hydrogen-bond donors (Lipinski definition) is 1. The summed E-state index contributed by atoms with van der Waals surface area (Å²) >= 11 is 5.50. The van der Waals surface area contributed by atoms with Gasteiger partial charge in [0.1, 0.15) is 0 Å². The van der Waals surface area contributed by atoms with Gasteiger partial charge in [-0.25, -0.2) is 0 Å². The highest BCUT2D eigenvalue weighted by atomic mass is 79.9. The van der Waals surface area contributed by atoms with E-state index in [1.807, 2.05) is 23.9 Å². The minimum absolute atomic E-state index is 0.357. The van der Waals surface area contributed by atoms with E-state index in [4.69, 9.17) is 0 Å². The van der Waals surface area contributed by atoms with Crippen LogP contribution in [-0.2, 0) is 0 Å². The Balaban J connectivity index is 2.30. The van der Waals surface area contributed by atoms with Crippen molar-refractivity contribution in [3.05, 3.63) is 28.7 Å². The van der Waals surface area contributed by atoms with Crippen LogP contribution in [0.3, 0.4) is 0 Å². The van der Waals surface area contributed by atoms with E-state index in [2.05, 4.69) is 54.2 Å². The number of thioether (sulfide) groups is 1. The van der Waals surface area contributed by atoms with Crippen LogP contribution in [0.1, 0.15) is 20.8 Å². The van der Waals surface area contributed by atoms with Crippen molar-refractivity contribution in [1.29, 1.82) is 0 Å². The van der Waals surface area contributed by atoms with Crippen LogP contribution in [-0.4, -0.2) is 17.0 Å². The molecule has 1 N–H and O–H groups in total. The van der Waals surface area contributed by atoms with Gasteiger partial charge in [0, 0.05) is 27.2 Å². The van der Waals surface area contributed by atoms with Crippen LogP contribution in [0, 0.1) is 0 Å². The van der Waals surface area contributed by atoms with E-state index in [9.17, 15) is 0 Å². The molecular weight excluding hydrogens is 270 g/mol. The van der Waals surface area contributed by atoms with Gasteiger partial charge in [0.15, 0.2) is 0 Å². The quantitative estimate of drug-likeness (QED) is 0.824. The summed E-state index contributed by atoms with van der Waals surface area (Å²) in [5.41, 5.74) is 1.17. The summed E-state index contributed by atoms with van der Waals surface area (Å²) in [4.78, 5) is 0. The normalized spacial score (nSPS) is 11.5. The van der Waals surface area contributed by atoms with Gasteiger partial charge >= 0.3 is 0 Å². The minimum atomic E-state index is 0.357. The Morgan fingerprint density at radius 3 is 2.53 bits per heavy atom. The number of benzene rings is 1. The lowest BCUT2D eigenvalue weighted by Gasteiger charge is -2.17. The molecule has 0 radical (unpaired) electrons. The third-order valence-electron chi connectivity index (χ3n) is 1.83. The first-order valence-corrected chi connectivity index (χ1v) is 6.89. The Kier molecular flexibility index (Phi) is 5.00. The lowest BCUT2D eigenvalue weighted by molar-refractivity contribution is 0.802. The summed E-state index contributed by atoms with van der Waals surface area (Å²) in [6.07, 6.45) is 0. The number of hydrogen-bond acceptors (Lipinski definition) is 2. The summed E-state index contributed by atoms with van der Waals surface area (Å²) in [6.45, 7) is 7.74. The van der Waals surface area contributed by atoms with Crippen molar-refractivity contribution in [3.63, 3.8) is 0 Å². The molecule has 0 aliphatic carbocycles. The summed E-state index contributed by atoms with van der Waals surface area (Å²) in [7, 11) is 0. The number of rotatable bonds is 4. The molecule has 3 heteroatoms. The molecule has 84 valence electrons. The van der Waals surface area contributed by atoms with E-state index in [0.29, 0.717) is 4.75 Å². The molecule has 0 aliphatic rings. The predicted octanol–water partition coefficient (Wildman–Crippen LogP) is 4.39. The maximum atomic E-state index is 3.52. The van der Waals surface area contributed by atoms with Crippen LogP contribution >= 0.6 is 27.7 Å². The Bertz CT molecular complexity index is 307. The standard InChI is InChI=1S/C12H18BrNS/c1-12(2,3)15-9-8-14-11-7-5-4-6-10(11)13/h4-7,14H,8-9H2,1-3H3. The van der Waals surface area contributed by atoms with Gasteiger partial charge in [-0.1, -0.05) is 32.9 Å². The van der Waals surface area contributed by atoms with E-state index in [0.717, 1.165) is 16.8 Å². The molecule has 15 heavy (non-hydrogen) atoms. The van der Waals surface area contributed by atoms with Gasteiger partial charge in [-0.2, -0.15) is 11.8 Å². The second-order valence-corrected chi connectivity index (χ2v) is 7.14. The van der Waals surface area contributed by atoms with Crippen LogP contribution < -0.4 is 5.32 Å². The van der Waals surface area contributed by atoms with Crippen LogP contribution in [0.15, 0.2) is 28.7 Å². The molecular formula is C12H18BrNS. The van der Waals surface area contributed by atoms with Gasteiger partial charge < -0.3 is 5.32 Å². The highest BCUT2D eigenvalue weighted by molar-refractivity contribution is 9.10. The topological polar surface area (TPSA) is 12.0 Å². The van der Waals surface area contributed by atoms with Crippen molar-refractivity contribution in [2.45, 2.75) is 25.5 Å². The maximum Gasteiger partial charge on any atom is 0.0484 e. The average molecular weight is 288 g/mol. The van der Waals surface area contributed by atoms with Gasteiger partial charge in [0.25, 0.3) is 0 Å². The molecule has 0 bridgehead atoms. The second kappa shape index (κ2) is 5.80. The van der Waals surface area contributed by atoms with Gasteiger partial charge in [0.2, 0.25) is 0 Å². The molecule has 0 unspecified atom stereocenters. The summed E-state index contributed by atoms with van der Waals surface area (Å²) in [6, 6.07) is 8.22. The monoisotopic (exact) mass is 287 g/mol. The molecule has 1 rings (SSSR count). The molecule has 0 fully saturated rings. The van der Waals surface area contributed by atoms with Crippen molar-refractivity contribution in [2.75, 3.05) is 17.6 Å². The van der Waals surface area contributed by atoms with Gasteiger partial charge in [-0.05, 0) is 28.1 Å². The van der Waals surface area contributed by atoms with Crippen molar-refractivity contribution in [1.82, 2.24) is 0 Å². The smallest absolute Gasteiger partial charge is 0.0484 e. The lowest BCUT2D eigenvalue weighted by Crippen LogP contribution is -2.13. The second-order valence-electron chi connectivity index (χ2n) is 4.37. The Labute approximate surface area is 105 Å². The fourth-order valence-electron chi connectivity index (χ4n) is 1.15. The third kappa shape index (κ3) is 5.47. The minimum Gasteiger partial charge on any atom is -0.383 e. The SMILES string of the molecule is CC(C)(C)SCCNc1ccccc1Br. The van der Waals surface area contributed by atoms with Crippen LogP contribution in [0.2, 0.25) is 0 Å². The van der Waals surface area contributed by atoms with Crippen LogP contribution in [0.25, 0.3) is 0 Å². The predicted molar refractivity (Wildman–Crippen MR) is 74.8 cm³/mol. The molecule has 0 heterocycles. The first kappa shape index (κ1) is 12.9. The van der Waals surface area contributed by atoms with Crippen LogP contribution in [0.4, 0.5) is 5.69 Å². The first-order valence-electron chi connectivity index (χ1n) is 5.11. The van der Waals surface area contributed by atoms with Crippen molar-refractivity contribution in [2.24, 2.45) is 0 Å². The Morgan fingerprint density at radius 2 is 1.93 bits per heavy atom. The lowest BCUT2D eigenvalue weighted by atomic mass is 10.3. The van der Waals surface area contributed by atoms with E-state index in [1.54, 1.807) is 0 Å². The molecule has 0 aliphatic heterocycles. The highest BCUT2D eigenvalue weighted by Crippen LogP contribution is 2.24. The number of halogens is 1. The number of nitrogens with one attached hydrogen (secondary N) is 1. The van der Waals surface area contributed by atoms with Crippen molar-refractivity contribution >= 4 is 33.4 Å². The fourth-order valence-corrected chi connectivity index (χ4v) is 2.39. The number of para-hydroxylation sites is 1. The zero-order chi connectivity index (χ0) is 11.3. The zero-order valence-electron chi connectivity index (χ0n) is 9.51.